The highest BCUT2D eigenvalue weighted by atomic mass is 16.5. The van der Waals surface area contributed by atoms with E-state index in [-0.39, 0.29) is 30.2 Å². The largest absolute Gasteiger partial charge is 0.461 e. The van der Waals surface area contributed by atoms with E-state index in [0.29, 0.717) is 5.69 Å². The summed E-state index contributed by atoms with van der Waals surface area (Å²) >= 11 is 0. The van der Waals surface area contributed by atoms with Gasteiger partial charge in [-0.05, 0) is 6.92 Å². The molecule has 112 valence electrons. The van der Waals surface area contributed by atoms with Crippen molar-refractivity contribution in [2.24, 2.45) is 0 Å². The van der Waals surface area contributed by atoms with Crippen LogP contribution in [0.15, 0.2) is 0 Å². The van der Waals surface area contributed by atoms with Crippen LogP contribution in [-0.4, -0.2) is 52.5 Å². The van der Waals surface area contributed by atoms with Crippen molar-refractivity contribution < 1.29 is 14.3 Å². The molecular weight excluding hydrogens is 260 g/mol. The Labute approximate surface area is 118 Å². The van der Waals surface area contributed by atoms with Gasteiger partial charge < -0.3 is 9.64 Å². The predicted octanol–water partition coefficient (Wildman–Crippen LogP) is 0.841. The summed E-state index contributed by atoms with van der Waals surface area (Å²) in [4.78, 5) is 25.2. The van der Waals surface area contributed by atoms with Gasteiger partial charge in [0.15, 0.2) is 5.69 Å². The number of carbonyl (C=O) groups is 2. The third kappa shape index (κ3) is 3.55. The Bertz CT molecular complexity index is 500. The number of aromatic nitrogens is 3. The molecule has 1 heterocycles. The minimum absolute atomic E-state index is 0.0476. The van der Waals surface area contributed by atoms with E-state index in [9.17, 15) is 9.59 Å². The minimum atomic E-state index is -0.513. The lowest BCUT2D eigenvalue weighted by Gasteiger charge is -2.21. The number of carbonyl (C=O) groups excluding carboxylic acids is 2. The fourth-order valence-corrected chi connectivity index (χ4v) is 1.77. The zero-order chi connectivity index (χ0) is 15.5. The van der Waals surface area contributed by atoms with E-state index in [2.05, 4.69) is 10.3 Å². The van der Waals surface area contributed by atoms with Crippen LogP contribution in [-0.2, 0) is 21.5 Å². The third-order valence-corrected chi connectivity index (χ3v) is 2.70. The van der Waals surface area contributed by atoms with Crippen molar-refractivity contribution >= 4 is 11.9 Å². The Morgan fingerprint density at radius 3 is 2.35 bits per heavy atom. The first-order valence-electron chi connectivity index (χ1n) is 6.49. The lowest BCUT2D eigenvalue weighted by molar-refractivity contribution is -0.129. The minimum Gasteiger partial charge on any atom is -0.461 e. The standard InChI is InChI=1S/C13H22N4O3/c1-7-20-12(19)10-11(13(2,3)4)17(15-14-10)8-9(18)16(5)6/h7-8H2,1-6H3. The Hall–Kier alpha value is -1.92. The normalized spacial score (nSPS) is 11.3. The first-order valence-corrected chi connectivity index (χ1v) is 6.49. The molecule has 7 heteroatoms. The molecule has 0 bridgehead atoms. The van der Waals surface area contributed by atoms with E-state index in [1.54, 1.807) is 21.0 Å². The Morgan fingerprint density at radius 2 is 1.90 bits per heavy atom. The molecule has 7 nitrogen and oxygen atoms in total. The molecule has 0 fully saturated rings. The van der Waals surface area contributed by atoms with Crippen molar-refractivity contribution in [1.29, 1.82) is 0 Å². The molecule has 1 rings (SSSR count). The number of likely N-dealkylation sites (N-methyl/N-ethyl adjacent to an activating group) is 1. The third-order valence-electron chi connectivity index (χ3n) is 2.70. The van der Waals surface area contributed by atoms with Gasteiger partial charge in [-0.2, -0.15) is 0 Å². The molecule has 0 radical (unpaired) electrons. The Morgan fingerprint density at radius 1 is 1.30 bits per heavy atom. The van der Waals surface area contributed by atoms with Crippen LogP contribution in [0.4, 0.5) is 0 Å². The number of ether oxygens (including phenoxy) is 1. The smallest absolute Gasteiger partial charge is 0.360 e. The summed E-state index contributed by atoms with van der Waals surface area (Å²) in [6, 6.07) is 0. The van der Waals surface area contributed by atoms with Gasteiger partial charge >= 0.3 is 5.97 Å². The number of amides is 1. The van der Waals surface area contributed by atoms with Crippen molar-refractivity contribution in [3.05, 3.63) is 11.4 Å². The first-order chi connectivity index (χ1) is 9.18. The highest BCUT2D eigenvalue weighted by molar-refractivity contribution is 5.89. The summed E-state index contributed by atoms with van der Waals surface area (Å²) in [5.74, 6) is -0.628. The summed E-state index contributed by atoms with van der Waals surface area (Å²) in [7, 11) is 3.34. The topological polar surface area (TPSA) is 77.3 Å². The maximum Gasteiger partial charge on any atom is 0.360 e. The fraction of sp³-hybridized carbons (Fsp3) is 0.692. The molecule has 0 atom stereocenters. The lowest BCUT2D eigenvalue weighted by Crippen LogP contribution is -2.30. The van der Waals surface area contributed by atoms with Crippen LogP contribution < -0.4 is 0 Å². The van der Waals surface area contributed by atoms with Crippen LogP contribution in [0.25, 0.3) is 0 Å². The monoisotopic (exact) mass is 282 g/mol. The second-order valence-corrected chi connectivity index (χ2v) is 5.70. The molecule has 0 unspecified atom stereocenters. The molecule has 0 aromatic carbocycles. The first kappa shape index (κ1) is 16.1. The van der Waals surface area contributed by atoms with Gasteiger partial charge in [0.2, 0.25) is 5.91 Å². The van der Waals surface area contributed by atoms with Gasteiger partial charge in [-0.25, -0.2) is 9.48 Å². The molecule has 0 saturated heterocycles. The van der Waals surface area contributed by atoms with Crippen LogP contribution in [0.3, 0.4) is 0 Å². The maximum atomic E-state index is 11.9. The number of rotatable bonds is 4. The molecule has 20 heavy (non-hydrogen) atoms. The molecule has 0 aliphatic rings. The van der Waals surface area contributed by atoms with Crippen LogP contribution in [0.2, 0.25) is 0 Å². The second kappa shape index (κ2) is 6.02. The predicted molar refractivity (Wildman–Crippen MR) is 73.4 cm³/mol. The van der Waals surface area contributed by atoms with Gasteiger partial charge in [0, 0.05) is 19.5 Å². The van der Waals surface area contributed by atoms with Crippen molar-refractivity contribution in [2.45, 2.75) is 39.7 Å². The number of nitrogens with zero attached hydrogens (tertiary/aromatic N) is 4. The number of hydrogen-bond donors (Lipinski definition) is 0. The zero-order valence-corrected chi connectivity index (χ0v) is 12.9. The lowest BCUT2D eigenvalue weighted by atomic mass is 9.90. The summed E-state index contributed by atoms with van der Waals surface area (Å²) in [6.45, 7) is 7.85. The van der Waals surface area contributed by atoms with E-state index in [4.69, 9.17) is 4.74 Å². The van der Waals surface area contributed by atoms with E-state index in [1.807, 2.05) is 20.8 Å². The average molecular weight is 282 g/mol. The molecule has 1 aromatic heterocycles. The quantitative estimate of drug-likeness (QED) is 0.765. The van der Waals surface area contributed by atoms with Crippen LogP contribution in [0, 0.1) is 0 Å². The van der Waals surface area contributed by atoms with E-state index in [1.165, 1.54) is 9.58 Å². The maximum absolute atomic E-state index is 11.9. The van der Waals surface area contributed by atoms with Gasteiger partial charge in [-0.3, -0.25) is 4.79 Å². The highest BCUT2D eigenvalue weighted by Gasteiger charge is 2.30. The van der Waals surface area contributed by atoms with E-state index >= 15 is 0 Å². The second-order valence-electron chi connectivity index (χ2n) is 5.70. The van der Waals surface area contributed by atoms with Crippen molar-refractivity contribution in [3.63, 3.8) is 0 Å². The summed E-state index contributed by atoms with van der Waals surface area (Å²) in [6.07, 6.45) is 0. The fourth-order valence-electron chi connectivity index (χ4n) is 1.77. The van der Waals surface area contributed by atoms with E-state index < -0.39 is 5.97 Å². The zero-order valence-electron chi connectivity index (χ0n) is 12.9. The molecule has 1 aromatic rings. The molecule has 1 amide bonds. The van der Waals surface area contributed by atoms with E-state index in [0.717, 1.165) is 0 Å². The van der Waals surface area contributed by atoms with Gasteiger partial charge in [0.25, 0.3) is 0 Å². The Balaban J connectivity index is 3.20. The van der Waals surface area contributed by atoms with Crippen LogP contribution >= 0.6 is 0 Å². The van der Waals surface area contributed by atoms with Crippen molar-refractivity contribution in [2.75, 3.05) is 20.7 Å². The van der Waals surface area contributed by atoms with Gasteiger partial charge in [0.1, 0.15) is 6.54 Å². The average Bonchev–Trinajstić information content (AvgIpc) is 2.72. The molecule has 0 saturated carbocycles. The van der Waals surface area contributed by atoms with Gasteiger partial charge in [0.05, 0.1) is 12.3 Å². The summed E-state index contributed by atoms with van der Waals surface area (Å²) in [5, 5.41) is 7.81. The van der Waals surface area contributed by atoms with Gasteiger partial charge in [-0.1, -0.05) is 26.0 Å². The van der Waals surface area contributed by atoms with Crippen molar-refractivity contribution in [3.8, 4) is 0 Å². The molecule has 0 aliphatic heterocycles. The molecular formula is C13H22N4O3. The van der Waals surface area contributed by atoms with Crippen molar-refractivity contribution in [1.82, 2.24) is 19.9 Å². The molecule has 0 N–H and O–H groups in total. The number of hydrogen-bond acceptors (Lipinski definition) is 5. The highest BCUT2D eigenvalue weighted by Crippen LogP contribution is 2.25. The summed E-state index contributed by atoms with van der Waals surface area (Å²) < 4.78 is 6.45. The van der Waals surface area contributed by atoms with Crippen LogP contribution in [0.1, 0.15) is 43.9 Å². The Kier molecular flexibility index (Phi) is 4.86. The van der Waals surface area contributed by atoms with Crippen LogP contribution in [0.5, 0.6) is 0 Å². The molecule has 0 aliphatic carbocycles. The summed E-state index contributed by atoms with van der Waals surface area (Å²) in [5.41, 5.74) is 0.398. The number of esters is 1. The SMILES string of the molecule is CCOC(=O)c1nnn(CC(=O)N(C)C)c1C(C)(C)C. The molecule has 0 spiro atoms. The van der Waals surface area contributed by atoms with Gasteiger partial charge in [-0.15, -0.1) is 5.10 Å².